The number of allylic oxidation sites excluding steroid dienone is 4. The number of halogens is 5. The minimum Gasteiger partial charge on any atom is -0.440 e. The highest BCUT2D eigenvalue weighted by molar-refractivity contribution is 7.73. The first-order valence-electron chi connectivity index (χ1n) is 12.6. The molecule has 1 aromatic rings. The molecule has 0 saturated heterocycles. The molecular weight excluding hydrogens is 525 g/mol. The molecule has 1 aromatic carbocycles. The third-order valence-electron chi connectivity index (χ3n) is 9.78. The topological polar surface area (TPSA) is 78.2 Å². The van der Waals surface area contributed by atoms with Crippen molar-refractivity contribution < 1.29 is 36.1 Å². The zero-order chi connectivity index (χ0) is 27.9. The van der Waals surface area contributed by atoms with Crippen LogP contribution in [0.1, 0.15) is 63.4 Å². The van der Waals surface area contributed by atoms with Crippen LogP contribution in [0, 0.1) is 21.5 Å². The first-order chi connectivity index (χ1) is 17.6. The maximum Gasteiger partial charge on any atom is 0.456 e. The monoisotopic (exact) mass is 554 g/mol. The van der Waals surface area contributed by atoms with E-state index in [9.17, 15) is 27.3 Å². The second kappa shape index (κ2) is 8.58. The summed E-state index contributed by atoms with van der Waals surface area (Å²) in [6.45, 7) is 5.63. The molecule has 0 radical (unpaired) electrons. The Morgan fingerprint density at radius 2 is 1.76 bits per heavy atom. The standard InChI is InChI=1S/C28H29F5NO3S/c1-3-25-15-21(16-4-7-19(8-5-16)38(34)37)23-20-9-6-18(35)14-17(20)10-12-24(23,2)22(25)11-13-26(25,36)27(29,30)28(31,32)33/h3-5,7-8,14,21-22,34,36H,1,6,9-13,15H2,2H3/q-1. The number of carbonyl (C=O) groups is 1. The fourth-order valence-corrected chi connectivity index (χ4v) is 8.48. The van der Waals surface area contributed by atoms with E-state index in [-0.39, 0.29) is 29.9 Å². The van der Waals surface area contributed by atoms with Gasteiger partial charge in [-0.25, -0.2) is 0 Å². The summed E-state index contributed by atoms with van der Waals surface area (Å²) < 4.78 is 90.9. The summed E-state index contributed by atoms with van der Waals surface area (Å²) in [5.41, 5.74) is -2.80. The van der Waals surface area contributed by atoms with Gasteiger partial charge in [0.2, 0.25) is 0 Å². The van der Waals surface area contributed by atoms with Gasteiger partial charge in [-0.05, 0) is 72.6 Å². The van der Waals surface area contributed by atoms with Crippen molar-refractivity contribution in [2.45, 2.75) is 80.4 Å². The number of ketones is 1. The second-order valence-electron chi connectivity index (χ2n) is 11.3. The normalized spacial score (nSPS) is 35.5. The molecule has 10 heteroatoms. The lowest BCUT2D eigenvalue weighted by molar-refractivity contribution is -0.359. The minimum atomic E-state index is -5.95. The van der Waals surface area contributed by atoms with E-state index in [0.717, 1.165) is 22.8 Å². The molecule has 5 unspecified atom stereocenters. The molecule has 4 aliphatic carbocycles. The Kier molecular flexibility index (Phi) is 6.15. The fourth-order valence-electron chi connectivity index (χ4n) is 8.09. The van der Waals surface area contributed by atoms with Crippen molar-refractivity contribution in [3.05, 3.63) is 65.3 Å². The molecule has 0 bridgehead atoms. The zero-order valence-corrected chi connectivity index (χ0v) is 21.7. The van der Waals surface area contributed by atoms with Crippen molar-refractivity contribution in [2.24, 2.45) is 16.7 Å². The Morgan fingerprint density at radius 1 is 1.11 bits per heavy atom. The van der Waals surface area contributed by atoms with Crippen molar-refractivity contribution >= 4 is 16.4 Å². The number of hydrogen-bond acceptors (Lipinski definition) is 5. The van der Waals surface area contributed by atoms with Crippen LogP contribution in [0.5, 0.6) is 0 Å². The highest BCUT2D eigenvalue weighted by Crippen LogP contribution is 2.74. The van der Waals surface area contributed by atoms with E-state index in [0.29, 0.717) is 24.8 Å². The van der Waals surface area contributed by atoms with Gasteiger partial charge in [-0.2, -0.15) is 32.5 Å². The molecule has 0 amide bonds. The number of fused-ring (bicyclic) bond motifs is 4. The molecule has 0 aromatic heterocycles. The van der Waals surface area contributed by atoms with Crippen LogP contribution in [0.3, 0.4) is 0 Å². The second-order valence-corrected chi connectivity index (χ2v) is 12.3. The van der Waals surface area contributed by atoms with Gasteiger partial charge in [0.1, 0.15) is 5.60 Å². The van der Waals surface area contributed by atoms with Crippen LogP contribution in [-0.2, 0) is 19.6 Å². The summed E-state index contributed by atoms with van der Waals surface area (Å²) >= 11 is 0. The van der Waals surface area contributed by atoms with E-state index in [2.05, 4.69) is 6.58 Å². The summed E-state index contributed by atoms with van der Waals surface area (Å²) in [5.74, 6) is -6.73. The van der Waals surface area contributed by atoms with Gasteiger partial charge in [0.25, 0.3) is 0 Å². The van der Waals surface area contributed by atoms with Gasteiger partial charge in [0.05, 0.1) is 0 Å². The fraction of sp³-hybridized carbons (Fsp3) is 0.536. The van der Waals surface area contributed by atoms with Gasteiger partial charge >= 0.3 is 12.1 Å². The van der Waals surface area contributed by atoms with Crippen LogP contribution < -0.4 is 0 Å². The van der Waals surface area contributed by atoms with E-state index < -0.39 is 57.4 Å². The van der Waals surface area contributed by atoms with Crippen molar-refractivity contribution in [2.75, 3.05) is 0 Å². The Balaban J connectivity index is 1.78. The predicted molar refractivity (Wildman–Crippen MR) is 131 cm³/mol. The molecule has 4 nitrogen and oxygen atoms in total. The smallest absolute Gasteiger partial charge is 0.440 e. The average Bonchev–Trinajstić information content (AvgIpc) is 3.17. The molecule has 2 N–H and O–H groups in total. The molecule has 206 valence electrons. The lowest BCUT2D eigenvalue weighted by Crippen LogP contribution is -2.66. The van der Waals surface area contributed by atoms with E-state index in [1.54, 1.807) is 18.2 Å². The number of nitrogens with one attached hydrogen (secondary N) is 1. The van der Waals surface area contributed by atoms with E-state index in [1.807, 2.05) is 6.92 Å². The molecule has 5 atom stereocenters. The average molecular weight is 555 g/mol. The number of aliphatic hydroxyl groups is 1. The van der Waals surface area contributed by atoms with Crippen molar-refractivity contribution in [1.82, 2.24) is 0 Å². The van der Waals surface area contributed by atoms with Gasteiger partial charge in [-0.1, -0.05) is 42.8 Å². The Bertz CT molecular complexity index is 1340. The van der Waals surface area contributed by atoms with Crippen LogP contribution in [0.15, 0.2) is 64.6 Å². The van der Waals surface area contributed by atoms with Crippen LogP contribution in [0.2, 0.25) is 0 Å². The molecule has 5 rings (SSSR count). The summed E-state index contributed by atoms with van der Waals surface area (Å²) in [5, 5.41) is 11.5. The summed E-state index contributed by atoms with van der Waals surface area (Å²) in [6, 6.07) is 6.23. The lowest BCUT2D eigenvalue weighted by atomic mass is 9.44. The molecule has 4 aliphatic rings. The van der Waals surface area contributed by atoms with E-state index >= 15 is 8.78 Å². The third-order valence-corrected chi connectivity index (χ3v) is 10.5. The highest BCUT2D eigenvalue weighted by Gasteiger charge is 2.80. The van der Waals surface area contributed by atoms with Crippen molar-refractivity contribution in [1.29, 1.82) is 4.78 Å². The number of carbonyl (C=O) groups excluding carboxylic acids is 1. The molecule has 0 spiro atoms. The quantitative estimate of drug-likeness (QED) is 0.236. The van der Waals surface area contributed by atoms with Gasteiger partial charge in [0, 0.05) is 17.8 Å². The first kappa shape index (κ1) is 27.2. The lowest BCUT2D eigenvalue weighted by Gasteiger charge is -2.60. The SMILES string of the molecule is C=CC12CC(c3ccc([S-](=N)=O)cc3)C3=C4CCC(=O)C=C4CCC3(C)C1CCC2(O)C(F)(F)C(F)(F)F. The van der Waals surface area contributed by atoms with Crippen molar-refractivity contribution in [3.63, 3.8) is 0 Å². The predicted octanol–water partition coefficient (Wildman–Crippen LogP) is 7.16. The Labute approximate surface area is 219 Å². The van der Waals surface area contributed by atoms with Gasteiger partial charge < -0.3 is 14.1 Å². The maximum atomic E-state index is 15.2. The molecule has 0 aliphatic heterocycles. The molecule has 0 heterocycles. The molecule has 2 fully saturated rings. The maximum absolute atomic E-state index is 15.2. The Morgan fingerprint density at radius 3 is 2.34 bits per heavy atom. The number of hydrogen-bond donors (Lipinski definition) is 2. The van der Waals surface area contributed by atoms with Crippen LogP contribution >= 0.6 is 0 Å². The van der Waals surface area contributed by atoms with Crippen LogP contribution in [0.25, 0.3) is 0 Å². The largest absolute Gasteiger partial charge is 0.456 e. The molecular formula is C28H29F5NO3S-. The van der Waals surface area contributed by atoms with Crippen molar-refractivity contribution in [3.8, 4) is 0 Å². The first-order valence-corrected chi connectivity index (χ1v) is 13.8. The zero-order valence-electron chi connectivity index (χ0n) is 20.8. The highest BCUT2D eigenvalue weighted by atomic mass is 32.2. The molecule has 38 heavy (non-hydrogen) atoms. The summed E-state index contributed by atoms with van der Waals surface area (Å²) in [7, 11) is -2.01. The van der Waals surface area contributed by atoms with Crippen LogP contribution in [-0.4, -0.2) is 28.6 Å². The van der Waals surface area contributed by atoms with E-state index in [4.69, 9.17) is 4.78 Å². The Hall–Kier alpha value is -2.33. The van der Waals surface area contributed by atoms with Gasteiger partial charge in [-0.3, -0.25) is 4.79 Å². The third kappa shape index (κ3) is 3.48. The summed E-state index contributed by atoms with van der Waals surface area (Å²) in [4.78, 5) is 12.4. The number of benzene rings is 1. The summed E-state index contributed by atoms with van der Waals surface area (Å²) in [6.07, 6.45) is -2.50. The minimum absolute atomic E-state index is 0.00286. The van der Waals surface area contributed by atoms with Crippen LogP contribution in [0.4, 0.5) is 22.0 Å². The number of rotatable bonds is 4. The number of alkyl halides is 5. The van der Waals surface area contributed by atoms with Gasteiger partial charge in [0.15, 0.2) is 5.78 Å². The molecule has 2 saturated carbocycles. The van der Waals surface area contributed by atoms with Gasteiger partial charge in [-0.15, -0.1) is 11.5 Å². The van der Waals surface area contributed by atoms with E-state index in [1.165, 1.54) is 12.1 Å².